The third-order valence-corrected chi connectivity index (χ3v) is 6.58. The van der Waals surface area contributed by atoms with Gasteiger partial charge in [-0.2, -0.15) is 0 Å². The lowest BCUT2D eigenvalue weighted by molar-refractivity contribution is -0.128. The van der Waals surface area contributed by atoms with Crippen molar-refractivity contribution in [3.8, 4) is 0 Å². The summed E-state index contributed by atoms with van der Waals surface area (Å²) in [5, 5.41) is 3.73. The zero-order chi connectivity index (χ0) is 19.8. The van der Waals surface area contributed by atoms with Crippen LogP contribution in [0.3, 0.4) is 0 Å². The molecule has 6 heteroatoms. The van der Waals surface area contributed by atoms with E-state index in [1.54, 1.807) is 6.08 Å². The molecule has 1 aromatic heterocycles. The number of aromatic nitrogens is 2. The minimum atomic E-state index is -0.120. The number of fused-ring (bicyclic) bond motifs is 1. The summed E-state index contributed by atoms with van der Waals surface area (Å²) >= 11 is 0. The average molecular weight is 390 g/mol. The van der Waals surface area contributed by atoms with Gasteiger partial charge in [-0.25, -0.2) is 9.97 Å². The Morgan fingerprint density at radius 2 is 1.83 bits per heavy atom. The van der Waals surface area contributed by atoms with Crippen LogP contribution in [0.4, 0.5) is 0 Å². The zero-order valence-corrected chi connectivity index (χ0v) is 16.6. The van der Waals surface area contributed by atoms with Gasteiger partial charge in [0.1, 0.15) is 5.70 Å². The number of carbonyl (C=O) groups is 1. The summed E-state index contributed by atoms with van der Waals surface area (Å²) < 4.78 is 0. The molecule has 0 atom stereocenters. The molecule has 5 rings (SSSR count). The monoisotopic (exact) mass is 389 g/mol. The standard InChI is InChI=1S/C23H27N5O/c24-20(11-21-25-13-19(14-26-21)16-5-6-16)22(29)28-9-7-23(8-10-28)12-17-3-1-2-4-18(17)15-27-23/h1-4,11,13-14,16,27H,5-10,12,15,24H2/b20-11-. The number of hydrogen-bond acceptors (Lipinski definition) is 5. The Labute approximate surface area is 171 Å². The van der Waals surface area contributed by atoms with Crippen LogP contribution in [-0.2, 0) is 17.8 Å². The Morgan fingerprint density at radius 1 is 1.14 bits per heavy atom. The number of nitrogens with one attached hydrogen (secondary N) is 1. The highest BCUT2D eigenvalue weighted by atomic mass is 16.2. The SMILES string of the molecule is N/C(=C\c1ncc(C2CC2)cn1)C(=O)N1CCC2(CC1)Cc1ccccc1CN2. The van der Waals surface area contributed by atoms with Crippen molar-refractivity contribution in [1.82, 2.24) is 20.2 Å². The van der Waals surface area contributed by atoms with Crippen molar-refractivity contribution in [2.24, 2.45) is 5.73 Å². The van der Waals surface area contributed by atoms with Gasteiger partial charge in [-0.1, -0.05) is 24.3 Å². The molecule has 1 amide bonds. The van der Waals surface area contributed by atoms with Gasteiger partial charge in [-0.15, -0.1) is 0 Å². The van der Waals surface area contributed by atoms with Crippen LogP contribution in [0.1, 0.15) is 54.1 Å². The minimum absolute atomic E-state index is 0.0887. The van der Waals surface area contributed by atoms with Crippen molar-refractivity contribution in [2.45, 2.75) is 50.1 Å². The summed E-state index contributed by atoms with van der Waals surface area (Å²) in [6.07, 6.45) is 10.6. The molecule has 1 aliphatic carbocycles. The van der Waals surface area contributed by atoms with Crippen molar-refractivity contribution in [3.05, 3.63) is 64.9 Å². The molecule has 2 fully saturated rings. The lowest BCUT2D eigenvalue weighted by Crippen LogP contribution is -2.57. The highest BCUT2D eigenvalue weighted by Gasteiger charge is 2.38. The zero-order valence-electron chi connectivity index (χ0n) is 16.6. The van der Waals surface area contributed by atoms with Gasteiger partial charge in [-0.3, -0.25) is 4.79 Å². The molecule has 1 saturated carbocycles. The van der Waals surface area contributed by atoms with Crippen LogP contribution in [-0.4, -0.2) is 39.4 Å². The maximum atomic E-state index is 12.8. The molecular formula is C23H27N5O. The second-order valence-electron chi connectivity index (χ2n) is 8.62. The molecule has 2 aromatic rings. The molecule has 3 N–H and O–H groups in total. The molecule has 3 heterocycles. The van der Waals surface area contributed by atoms with Gasteiger partial charge in [0.25, 0.3) is 5.91 Å². The summed E-state index contributed by atoms with van der Waals surface area (Å²) in [6, 6.07) is 8.63. The number of carbonyl (C=O) groups excluding carboxylic acids is 1. The first-order chi connectivity index (χ1) is 14.1. The lowest BCUT2D eigenvalue weighted by Gasteiger charge is -2.45. The van der Waals surface area contributed by atoms with Gasteiger partial charge in [-0.05, 0) is 54.7 Å². The number of benzene rings is 1. The first kappa shape index (κ1) is 18.3. The summed E-state index contributed by atoms with van der Waals surface area (Å²) in [7, 11) is 0. The van der Waals surface area contributed by atoms with Gasteiger partial charge in [0, 0.05) is 43.6 Å². The first-order valence-corrected chi connectivity index (χ1v) is 10.5. The number of amides is 1. The van der Waals surface area contributed by atoms with Crippen LogP contribution in [0, 0.1) is 0 Å². The largest absolute Gasteiger partial charge is 0.394 e. The number of piperidine rings is 1. The van der Waals surface area contributed by atoms with E-state index in [-0.39, 0.29) is 17.1 Å². The fraction of sp³-hybridized carbons (Fsp3) is 0.435. The van der Waals surface area contributed by atoms with Crippen molar-refractivity contribution >= 4 is 12.0 Å². The van der Waals surface area contributed by atoms with Gasteiger partial charge in [0.05, 0.1) is 0 Å². The molecule has 6 nitrogen and oxygen atoms in total. The molecule has 29 heavy (non-hydrogen) atoms. The fourth-order valence-electron chi connectivity index (χ4n) is 4.54. The maximum Gasteiger partial charge on any atom is 0.269 e. The van der Waals surface area contributed by atoms with E-state index in [1.807, 2.05) is 17.3 Å². The Balaban J connectivity index is 1.22. The van der Waals surface area contributed by atoms with Crippen LogP contribution >= 0.6 is 0 Å². The van der Waals surface area contributed by atoms with Gasteiger partial charge in [0.15, 0.2) is 5.82 Å². The van der Waals surface area contributed by atoms with Crippen molar-refractivity contribution < 1.29 is 4.79 Å². The fourth-order valence-corrected chi connectivity index (χ4v) is 4.54. The Bertz CT molecular complexity index is 940. The lowest BCUT2D eigenvalue weighted by atomic mass is 9.78. The van der Waals surface area contributed by atoms with Crippen LogP contribution < -0.4 is 11.1 Å². The Morgan fingerprint density at radius 3 is 2.52 bits per heavy atom. The minimum Gasteiger partial charge on any atom is -0.394 e. The third kappa shape index (κ3) is 3.77. The molecule has 1 saturated heterocycles. The summed E-state index contributed by atoms with van der Waals surface area (Å²) in [6.45, 7) is 2.33. The van der Waals surface area contributed by atoms with Gasteiger partial charge in [0.2, 0.25) is 0 Å². The molecule has 0 unspecified atom stereocenters. The van der Waals surface area contributed by atoms with Crippen molar-refractivity contribution in [1.29, 1.82) is 0 Å². The quantitative estimate of drug-likeness (QED) is 0.788. The summed E-state index contributed by atoms with van der Waals surface area (Å²) in [5.41, 5.74) is 10.4. The van der Waals surface area contributed by atoms with Gasteiger partial charge < -0.3 is 16.0 Å². The second kappa shape index (κ2) is 7.26. The molecule has 150 valence electrons. The smallest absolute Gasteiger partial charge is 0.269 e. The molecule has 1 spiro atoms. The van der Waals surface area contributed by atoms with E-state index in [0.717, 1.165) is 25.8 Å². The summed E-state index contributed by atoms with van der Waals surface area (Å²) in [4.78, 5) is 23.4. The van der Waals surface area contributed by atoms with Gasteiger partial charge >= 0.3 is 0 Å². The van der Waals surface area contributed by atoms with E-state index in [2.05, 4.69) is 39.6 Å². The van der Waals surface area contributed by atoms with E-state index in [9.17, 15) is 4.79 Å². The van der Waals surface area contributed by atoms with Crippen LogP contribution in [0.25, 0.3) is 6.08 Å². The number of likely N-dealkylation sites (tertiary alicyclic amines) is 1. The maximum absolute atomic E-state index is 12.8. The van der Waals surface area contributed by atoms with Crippen molar-refractivity contribution in [3.63, 3.8) is 0 Å². The Kier molecular flexibility index (Phi) is 4.59. The molecular weight excluding hydrogens is 362 g/mol. The highest BCUT2D eigenvalue weighted by Crippen LogP contribution is 2.39. The normalized spacial score (nSPS) is 21.1. The number of nitrogens with zero attached hydrogens (tertiary/aromatic N) is 3. The second-order valence-corrected chi connectivity index (χ2v) is 8.62. The first-order valence-electron chi connectivity index (χ1n) is 10.5. The van der Waals surface area contributed by atoms with Crippen LogP contribution in [0.2, 0.25) is 0 Å². The molecule has 3 aliphatic rings. The predicted octanol–water partition coefficient (Wildman–Crippen LogP) is 2.36. The Hall–Kier alpha value is -2.73. The van der Waals surface area contributed by atoms with E-state index >= 15 is 0 Å². The van der Waals surface area contributed by atoms with E-state index in [4.69, 9.17) is 5.73 Å². The molecule has 2 aliphatic heterocycles. The molecule has 0 bridgehead atoms. The third-order valence-electron chi connectivity index (χ3n) is 6.58. The number of rotatable bonds is 3. The van der Waals surface area contributed by atoms with E-state index in [0.29, 0.717) is 24.8 Å². The number of hydrogen-bond donors (Lipinski definition) is 2. The topological polar surface area (TPSA) is 84.1 Å². The van der Waals surface area contributed by atoms with Crippen molar-refractivity contribution in [2.75, 3.05) is 13.1 Å². The molecule has 0 radical (unpaired) electrons. The van der Waals surface area contributed by atoms with Crippen LogP contribution in [0.5, 0.6) is 0 Å². The van der Waals surface area contributed by atoms with E-state index in [1.165, 1.54) is 29.5 Å². The van der Waals surface area contributed by atoms with E-state index < -0.39 is 0 Å². The highest BCUT2D eigenvalue weighted by molar-refractivity contribution is 5.96. The summed E-state index contributed by atoms with van der Waals surface area (Å²) in [5.74, 6) is 0.998. The van der Waals surface area contributed by atoms with Crippen LogP contribution in [0.15, 0.2) is 42.4 Å². The predicted molar refractivity (Wildman–Crippen MR) is 112 cm³/mol. The average Bonchev–Trinajstić information content (AvgIpc) is 3.60. The number of nitrogens with two attached hydrogens (primary N) is 1. The molecule has 1 aromatic carbocycles.